The molecule has 1 rings (SSSR count). The first-order valence-electron chi connectivity index (χ1n) is 6.23. The summed E-state index contributed by atoms with van der Waals surface area (Å²) in [6, 6.07) is 2.73. The quantitative estimate of drug-likeness (QED) is 0.782. The number of nitrogens with one attached hydrogen (secondary N) is 1. The molecular formula is C14H18F2N2O2. The van der Waals surface area contributed by atoms with Gasteiger partial charge < -0.3 is 11.1 Å². The van der Waals surface area contributed by atoms with E-state index >= 15 is 0 Å². The number of hydrogen-bond donors (Lipinski definition) is 2. The van der Waals surface area contributed by atoms with Gasteiger partial charge in [-0.2, -0.15) is 0 Å². The Morgan fingerprint density at radius 1 is 1.25 bits per heavy atom. The summed E-state index contributed by atoms with van der Waals surface area (Å²) in [5, 5.41) is 2.58. The molecule has 0 aromatic heterocycles. The maximum absolute atomic E-state index is 13.4. The smallest absolute Gasteiger partial charge is 0.220 e. The molecule has 0 aliphatic heterocycles. The maximum Gasteiger partial charge on any atom is 0.220 e. The van der Waals surface area contributed by atoms with E-state index in [1.165, 1.54) is 0 Å². The molecule has 0 bridgehead atoms. The SMILES string of the molecule is CC(C)(N)CNC(=O)CCC(=O)c1ccc(F)cc1F. The van der Waals surface area contributed by atoms with Gasteiger partial charge in [-0.25, -0.2) is 8.78 Å². The number of Topliss-reactive ketones (excluding diaryl/α,β-unsaturated/α-hetero) is 1. The number of halogens is 2. The fraction of sp³-hybridized carbons (Fsp3) is 0.429. The third-order valence-electron chi connectivity index (χ3n) is 2.55. The zero-order valence-electron chi connectivity index (χ0n) is 11.5. The zero-order chi connectivity index (χ0) is 15.3. The molecular weight excluding hydrogens is 266 g/mol. The highest BCUT2D eigenvalue weighted by Crippen LogP contribution is 2.12. The van der Waals surface area contributed by atoms with Gasteiger partial charge in [0.25, 0.3) is 0 Å². The summed E-state index contributed by atoms with van der Waals surface area (Å²) in [7, 11) is 0. The van der Waals surface area contributed by atoms with Crippen molar-refractivity contribution in [2.24, 2.45) is 5.73 Å². The molecule has 3 N–H and O–H groups in total. The van der Waals surface area contributed by atoms with Crippen LogP contribution in [0.4, 0.5) is 8.78 Å². The van der Waals surface area contributed by atoms with Crippen LogP contribution in [0.3, 0.4) is 0 Å². The molecule has 0 spiro atoms. The lowest BCUT2D eigenvalue weighted by Gasteiger charge is -2.18. The average Bonchev–Trinajstić information content (AvgIpc) is 2.32. The van der Waals surface area contributed by atoms with Gasteiger partial charge in [0.1, 0.15) is 11.6 Å². The number of hydrogen-bond acceptors (Lipinski definition) is 3. The molecule has 6 heteroatoms. The molecule has 1 aromatic rings. The highest BCUT2D eigenvalue weighted by molar-refractivity contribution is 5.98. The van der Waals surface area contributed by atoms with E-state index in [1.807, 2.05) is 0 Å². The number of carbonyl (C=O) groups is 2. The first kappa shape index (κ1) is 16.2. The molecule has 20 heavy (non-hydrogen) atoms. The van der Waals surface area contributed by atoms with Gasteiger partial charge >= 0.3 is 0 Å². The van der Waals surface area contributed by atoms with Gasteiger partial charge in [-0.05, 0) is 26.0 Å². The van der Waals surface area contributed by atoms with Crippen molar-refractivity contribution in [2.45, 2.75) is 32.2 Å². The lowest BCUT2D eigenvalue weighted by atomic mass is 10.0. The van der Waals surface area contributed by atoms with Gasteiger partial charge in [-0.15, -0.1) is 0 Å². The summed E-state index contributed by atoms with van der Waals surface area (Å²) in [6.45, 7) is 3.80. The number of carbonyl (C=O) groups excluding carboxylic acids is 2. The van der Waals surface area contributed by atoms with E-state index in [4.69, 9.17) is 5.73 Å². The fourth-order valence-electron chi connectivity index (χ4n) is 1.49. The van der Waals surface area contributed by atoms with E-state index in [1.54, 1.807) is 13.8 Å². The second-order valence-corrected chi connectivity index (χ2v) is 5.31. The van der Waals surface area contributed by atoms with Crippen LogP contribution in [-0.4, -0.2) is 23.8 Å². The second kappa shape index (κ2) is 6.56. The Morgan fingerprint density at radius 3 is 2.45 bits per heavy atom. The minimum atomic E-state index is -0.918. The summed E-state index contributed by atoms with van der Waals surface area (Å²) >= 11 is 0. The first-order chi connectivity index (χ1) is 9.19. The predicted octanol–water partition coefficient (Wildman–Crippen LogP) is 1.78. The van der Waals surface area contributed by atoms with Crippen LogP contribution in [0.5, 0.6) is 0 Å². The predicted molar refractivity (Wildman–Crippen MR) is 71.2 cm³/mol. The summed E-state index contributed by atoms with van der Waals surface area (Å²) < 4.78 is 26.1. The molecule has 4 nitrogen and oxygen atoms in total. The van der Waals surface area contributed by atoms with Crippen LogP contribution < -0.4 is 11.1 Å². The van der Waals surface area contributed by atoms with E-state index in [2.05, 4.69) is 5.32 Å². The van der Waals surface area contributed by atoms with Crippen molar-refractivity contribution in [2.75, 3.05) is 6.54 Å². The first-order valence-corrected chi connectivity index (χ1v) is 6.23. The second-order valence-electron chi connectivity index (χ2n) is 5.31. The fourth-order valence-corrected chi connectivity index (χ4v) is 1.49. The largest absolute Gasteiger partial charge is 0.354 e. The van der Waals surface area contributed by atoms with E-state index in [0.717, 1.165) is 12.1 Å². The summed E-state index contributed by atoms with van der Waals surface area (Å²) in [5.41, 5.74) is 4.95. The molecule has 0 atom stereocenters. The Kier molecular flexibility index (Phi) is 5.33. The van der Waals surface area contributed by atoms with Crippen LogP contribution >= 0.6 is 0 Å². The normalized spacial score (nSPS) is 11.2. The molecule has 0 saturated carbocycles. The summed E-state index contributed by atoms with van der Waals surface area (Å²) in [5.74, 6) is -2.54. The Hall–Kier alpha value is -1.82. The van der Waals surface area contributed by atoms with Crippen molar-refractivity contribution in [3.8, 4) is 0 Å². The number of nitrogens with two attached hydrogens (primary N) is 1. The third-order valence-corrected chi connectivity index (χ3v) is 2.55. The summed E-state index contributed by atoms with van der Waals surface area (Å²) in [4.78, 5) is 23.2. The summed E-state index contributed by atoms with van der Waals surface area (Å²) in [6.07, 6.45) is -0.203. The van der Waals surface area contributed by atoms with E-state index in [0.29, 0.717) is 6.07 Å². The molecule has 0 radical (unpaired) electrons. The Balaban J connectivity index is 2.49. The highest BCUT2D eigenvalue weighted by atomic mass is 19.1. The molecule has 0 heterocycles. The molecule has 1 amide bonds. The average molecular weight is 284 g/mol. The third kappa shape index (κ3) is 5.44. The van der Waals surface area contributed by atoms with Crippen molar-refractivity contribution < 1.29 is 18.4 Å². The van der Waals surface area contributed by atoms with Crippen molar-refractivity contribution in [3.05, 3.63) is 35.4 Å². The van der Waals surface area contributed by atoms with Crippen molar-refractivity contribution in [1.29, 1.82) is 0 Å². The molecule has 0 saturated heterocycles. The monoisotopic (exact) mass is 284 g/mol. The van der Waals surface area contributed by atoms with Crippen molar-refractivity contribution >= 4 is 11.7 Å². The lowest BCUT2D eigenvalue weighted by molar-refractivity contribution is -0.121. The van der Waals surface area contributed by atoms with Gasteiger partial charge in [0.2, 0.25) is 5.91 Å². The molecule has 1 aromatic carbocycles. The van der Waals surface area contributed by atoms with Crippen LogP contribution in [0.15, 0.2) is 18.2 Å². The standard InChI is InChI=1S/C14H18F2N2O2/c1-14(2,17)8-18-13(20)6-5-12(19)10-4-3-9(15)7-11(10)16/h3-4,7H,5-6,8,17H2,1-2H3,(H,18,20). The lowest BCUT2D eigenvalue weighted by Crippen LogP contribution is -2.45. The van der Waals surface area contributed by atoms with Crippen LogP contribution in [0.1, 0.15) is 37.0 Å². The minimum Gasteiger partial charge on any atom is -0.354 e. The van der Waals surface area contributed by atoms with E-state index in [9.17, 15) is 18.4 Å². The topological polar surface area (TPSA) is 72.2 Å². The number of rotatable bonds is 6. The molecule has 110 valence electrons. The maximum atomic E-state index is 13.4. The van der Waals surface area contributed by atoms with Crippen LogP contribution in [0.25, 0.3) is 0 Å². The van der Waals surface area contributed by atoms with Crippen molar-refractivity contribution in [3.63, 3.8) is 0 Å². The van der Waals surface area contributed by atoms with Crippen LogP contribution in [0.2, 0.25) is 0 Å². The number of ketones is 1. The van der Waals surface area contributed by atoms with Gasteiger partial charge in [0.15, 0.2) is 5.78 Å². The molecule has 0 aliphatic carbocycles. The van der Waals surface area contributed by atoms with Gasteiger partial charge in [-0.3, -0.25) is 9.59 Å². The van der Waals surface area contributed by atoms with Gasteiger partial charge in [0, 0.05) is 31.0 Å². The Labute approximate surface area is 116 Å². The molecule has 0 unspecified atom stereocenters. The molecule has 0 fully saturated rings. The van der Waals surface area contributed by atoms with Crippen molar-refractivity contribution in [1.82, 2.24) is 5.32 Å². The van der Waals surface area contributed by atoms with E-state index < -0.39 is 23.0 Å². The van der Waals surface area contributed by atoms with Gasteiger partial charge in [0.05, 0.1) is 5.56 Å². The zero-order valence-corrected chi connectivity index (χ0v) is 11.5. The number of benzene rings is 1. The van der Waals surface area contributed by atoms with Crippen LogP contribution in [0, 0.1) is 11.6 Å². The van der Waals surface area contributed by atoms with Crippen LogP contribution in [-0.2, 0) is 4.79 Å². The van der Waals surface area contributed by atoms with E-state index in [-0.39, 0.29) is 30.9 Å². The minimum absolute atomic E-state index is 0.0638. The number of amides is 1. The Bertz CT molecular complexity index is 510. The Morgan fingerprint density at radius 2 is 1.90 bits per heavy atom. The molecule has 0 aliphatic rings. The highest BCUT2D eigenvalue weighted by Gasteiger charge is 2.16. The van der Waals surface area contributed by atoms with Gasteiger partial charge in [-0.1, -0.05) is 0 Å².